The highest BCUT2D eigenvalue weighted by atomic mass is 16.5. The van der Waals surface area contributed by atoms with Gasteiger partial charge in [-0.05, 0) is 176 Å². The Hall–Kier alpha value is -1.66. The second kappa shape index (κ2) is 18.8. The average Bonchev–Trinajstić information content (AvgIpc) is 4.10. The van der Waals surface area contributed by atoms with Crippen LogP contribution in [0.4, 0.5) is 0 Å². The molecule has 6 saturated carbocycles. The SMILES string of the molecule is CCCC[C@@H](CC1=CCC2C(CC[C@@]3(C)C2CC[C@@H]3[C@H](C)CCCC(C)C)C1)OCCCCCC(OC(=O)CCCN(C)C)C12CC1(/C=C/COC(=O)C13CC1C3)C2. The normalized spacial score (nSPS) is 36.7. The van der Waals surface area contributed by atoms with Gasteiger partial charge in [-0.25, -0.2) is 0 Å². The summed E-state index contributed by atoms with van der Waals surface area (Å²) >= 11 is 0. The van der Waals surface area contributed by atoms with Crippen molar-refractivity contribution in [2.75, 3.05) is 33.9 Å². The largest absolute Gasteiger partial charge is 0.462 e. The molecule has 0 aromatic heterocycles. The van der Waals surface area contributed by atoms with E-state index in [1.165, 1.54) is 77.0 Å². The number of ether oxygens (including phenoxy) is 3. The first-order chi connectivity index (χ1) is 27.8. The minimum absolute atomic E-state index is 0.00786. The van der Waals surface area contributed by atoms with Gasteiger partial charge in [-0.15, -0.1) is 0 Å². The zero-order valence-corrected chi connectivity index (χ0v) is 38.3. The zero-order valence-electron chi connectivity index (χ0n) is 38.3. The summed E-state index contributed by atoms with van der Waals surface area (Å²) in [5.41, 5.74) is 2.41. The Bertz CT molecular complexity index is 1450. The van der Waals surface area contributed by atoms with E-state index in [0.29, 0.717) is 30.5 Å². The highest BCUT2D eigenvalue weighted by molar-refractivity contribution is 5.85. The van der Waals surface area contributed by atoms with E-state index in [1.54, 1.807) is 5.57 Å². The van der Waals surface area contributed by atoms with E-state index in [4.69, 9.17) is 14.2 Å². The molecule has 0 aliphatic heterocycles. The first-order valence-electron chi connectivity index (χ1n) is 24.8. The summed E-state index contributed by atoms with van der Waals surface area (Å²) in [6, 6.07) is 0. The van der Waals surface area contributed by atoms with Crippen LogP contribution in [0.1, 0.15) is 182 Å². The Morgan fingerprint density at radius 1 is 0.948 bits per heavy atom. The molecule has 6 fully saturated rings. The minimum atomic E-state index is -0.0809. The van der Waals surface area contributed by atoms with Crippen LogP contribution < -0.4 is 0 Å². The summed E-state index contributed by atoms with van der Waals surface area (Å²) in [7, 11) is 4.10. The maximum absolute atomic E-state index is 13.0. The monoisotopic (exact) mass is 804 g/mol. The molecule has 0 heterocycles. The van der Waals surface area contributed by atoms with Gasteiger partial charge in [-0.2, -0.15) is 0 Å². The van der Waals surface area contributed by atoms with Crippen LogP contribution in [-0.4, -0.2) is 62.9 Å². The van der Waals surface area contributed by atoms with Crippen LogP contribution in [-0.2, 0) is 23.8 Å². The second-order valence-corrected chi connectivity index (χ2v) is 22.4. The molecule has 0 N–H and O–H groups in total. The van der Waals surface area contributed by atoms with Crippen LogP contribution in [0.5, 0.6) is 0 Å². The number of allylic oxidation sites excluding steroid dienone is 2. The van der Waals surface area contributed by atoms with Gasteiger partial charge in [0.2, 0.25) is 0 Å². The van der Waals surface area contributed by atoms with Gasteiger partial charge in [0, 0.05) is 18.4 Å². The van der Waals surface area contributed by atoms with Crippen molar-refractivity contribution in [3.05, 3.63) is 23.8 Å². The Morgan fingerprint density at radius 3 is 2.47 bits per heavy atom. The lowest BCUT2D eigenvalue weighted by atomic mass is 9.54. The van der Waals surface area contributed by atoms with E-state index in [-0.39, 0.29) is 34.3 Å². The van der Waals surface area contributed by atoms with Crippen LogP contribution >= 0.6 is 0 Å². The lowest BCUT2D eigenvalue weighted by Crippen LogP contribution is -2.43. The summed E-state index contributed by atoms with van der Waals surface area (Å²) < 4.78 is 18.6. The van der Waals surface area contributed by atoms with Gasteiger partial charge < -0.3 is 19.1 Å². The molecule has 7 rings (SSSR count). The number of nitrogens with zero attached hydrogens (tertiary/aromatic N) is 1. The number of carbonyl (C=O) groups is 2. The van der Waals surface area contributed by atoms with Crippen molar-refractivity contribution in [3.63, 3.8) is 0 Å². The molecule has 328 valence electrons. The summed E-state index contributed by atoms with van der Waals surface area (Å²) in [6.45, 7) is 14.5. The first kappa shape index (κ1) is 44.4. The van der Waals surface area contributed by atoms with E-state index in [1.807, 2.05) is 0 Å². The fourth-order valence-corrected chi connectivity index (χ4v) is 13.3. The number of carbonyl (C=O) groups excluding carboxylic acids is 2. The van der Waals surface area contributed by atoms with Crippen molar-refractivity contribution >= 4 is 11.9 Å². The molecule has 4 unspecified atom stereocenters. The average molecular weight is 804 g/mol. The van der Waals surface area contributed by atoms with Crippen LogP contribution in [0.15, 0.2) is 23.8 Å². The van der Waals surface area contributed by atoms with E-state index in [0.717, 1.165) is 113 Å². The predicted octanol–water partition coefficient (Wildman–Crippen LogP) is 12.3. The standard InChI is InChI=1S/C52H85NO5/c1-8-9-18-42(32-39-21-22-43-40(31-39)25-27-49(5)44(23-24-45(43)49)38(4)17-13-16-37(2)3)56-29-12-10-11-19-46(58-47(54)20-14-28-53(6)7)52-35-50(52,36-52)26-15-30-57-48(55)51-33-41(51)34-51/h15,21,26,37-38,40-46H,8-14,16-20,22-25,27-36H2,1-7H3/b26-15+/t38-,40?,41?,42+,43?,44-,45?,46?,49-,50?,51?,52?/m1/s1. The minimum Gasteiger partial charge on any atom is -0.462 e. The summed E-state index contributed by atoms with van der Waals surface area (Å²) in [5.74, 6) is 5.94. The van der Waals surface area contributed by atoms with Gasteiger partial charge >= 0.3 is 11.9 Å². The molecule has 0 radical (unpaired) electrons. The Morgan fingerprint density at radius 2 is 1.74 bits per heavy atom. The van der Waals surface area contributed by atoms with Crippen molar-refractivity contribution < 1.29 is 23.8 Å². The number of fused-ring (bicyclic) bond motifs is 5. The fourth-order valence-electron chi connectivity index (χ4n) is 13.3. The molecule has 0 aromatic carbocycles. The topological polar surface area (TPSA) is 65.1 Å². The lowest BCUT2D eigenvalue weighted by molar-refractivity contribution is -0.152. The highest BCUT2D eigenvalue weighted by Crippen LogP contribution is 2.89. The third-order valence-electron chi connectivity index (χ3n) is 17.5. The molecule has 6 heteroatoms. The summed E-state index contributed by atoms with van der Waals surface area (Å²) in [6.07, 6.45) is 34.5. The van der Waals surface area contributed by atoms with Crippen molar-refractivity contribution in [2.24, 2.45) is 63.1 Å². The number of unbranched alkanes of at least 4 members (excludes halogenated alkanes) is 3. The molecule has 8 atom stereocenters. The molecule has 7 aliphatic rings. The fraction of sp³-hybridized carbons (Fsp3) is 0.885. The van der Waals surface area contributed by atoms with Crippen LogP contribution in [0.2, 0.25) is 0 Å². The molecule has 0 amide bonds. The molecule has 0 saturated heterocycles. The Balaban J connectivity index is 0.845. The van der Waals surface area contributed by atoms with E-state index in [9.17, 15) is 9.59 Å². The maximum atomic E-state index is 13.0. The van der Waals surface area contributed by atoms with E-state index >= 15 is 0 Å². The molecule has 58 heavy (non-hydrogen) atoms. The lowest BCUT2D eigenvalue weighted by Gasteiger charge is -2.51. The predicted molar refractivity (Wildman–Crippen MR) is 235 cm³/mol. The van der Waals surface area contributed by atoms with Crippen LogP contribution in [0, 0.1) is 63.1 Å². The number of hydrogen-bond donors (Lipinski definition) is 0. The van der Waals surface area contributed by atoms with Gasteiger partial charge in [-0.1, -0.05) is 96.9 Å². The highest BCUT2D eigenvalue weighted by Gasteiger charge is 2.85. The van der Waals surface area contributed by atoms with E-state index in [2.05, 4.69) is 71.8 Å². The molecular formula is C52H85NO5. The van der Waals surface area contributed by atoms with Gasteiger partial charge in [0.1, 0.15) is 12.7 Å². The zero-order chi connectivity index (χ0) is 41.1. The molecule has 0 aromatic rings. The number of rotatable bonds is 27. The van der Waals surface area contributed by atoms with Gasteiger partial charge in [0.25, 0.3) is 0 Å². The first-order valence-corrected chi connectivity index (χ1v) is 24.8. The molecule has 6 nitrogen and oxygen atoms in total. The Kier molecular flexibility index (Phi) is 14.4. The molecule has 0 spiro atoms. The molecular weight excluding hydrogens is 719 g/mol. The van der Waals surface area contributed by atoms with Crippen molar-refractivity contribution in [3.8, 4) is 0 Å². The van der Waals surface area contributed by atoms with Gasteiger partial charge in [0.15, 0.2) is 0 Å². The smallest absolute Gasteiger partial charge is 0.312 e. The maximum Gasteiger partial charge on any atom is 0.312 e. The number of esters is 2. The van der Waals surface area contributed by atoms with Crippen LogP contribution in [0.25, 0.3) is 0 Å². The van der Waals surface area contributed by atoms with Gasteiger partial charge in [-0.3, -0.25) is 9.59 Å². The third-order valence-corrected chi connectivity index (χ3v) is 17.5. The summed E-state index contributed by atoms with van der Waals surface area (Å²) in [4.78, 5) is 27.5. The third kappa shape index (κ3) is 10.0. The van der Waals surface area contributed by atoms with Crippen LogP contribution in [0.3, 0.4) is 0 Å². The van der Waals surface area contributed by atoms with E-state index < -0.39 is 0 Å². The van der Waals surface area contributed by atoms with Gasteiger partial charge in [0.05, 0.1) is 11.5 Å². The quantitative estimate of drug-likeness (QED) is 0.0468. The van der Waals surface area contributed by atoms with Crippen molar-refractivity contribution in [1.82, 2.24) is 4.90 Å². The van der Waals surface area contributed by atoms with Crippen molar-refractivity contribution in [2.45, 2.75) is 195 Å². The number of hydrogen-bond acceptors (Lipinski definition) is 6. The second-order valence-electron chi connectivity index (χ2n) is 22.4. The molecule has 0 bridgehead atoms. The summed E-state index contributed by atoms with van der Waals surface area (Å²) in [5, 5.41) is 0. The Labute approximate surface area is 354 Å². The molecule has 7 aliphatic carbocycles. The van der Waals surface area contributed by atoms with Crippen molar-refractivity contribution in [1.29, 1.82) is 0 Å².